The number of hydrogen-bond acceptors (Lipinski definition) is 3. The predicted molar refractivity (Wildman–Crippen MR) is 99.8 cm³/mol. The maximum Gasteiger partial charge on any atom is 0.251 e. The highest BCUT2D eigenvalue weighted by Gasteiger charge is 2.14. The van der Waals surface area contributed by atoms with Crippen molar-refractivity contribution in [3.8, 4) is 5.75 Å². The first-order chi connectivity index (χ1) is 12.5. The van der Waals surface area contributed by atoms with E-state index < -0.39 is 0 Å². The fourth-order valence-electron chi connectivity index (χ4n) is 2.58. The number of rotatable bonds is 9. The van der Waals surface area contributed by atoms with E-state index in [9.17, 15) is 9.18 Å². The van der Waals surface area contributed by atoms with Crippen LogP contribution >= 0.6 is 0 Å². The summed E-state index contributed by atoms with van der Waals surface area (Å²) in [4.78, 5) is 12.6. The third-order valence-electron chi connectivity index (χ3n) is 4.16. The minimum Gasteiger partial charge on any atom is -0.496 e. The fourth-order valence-corrected chi connectivity index (χ4v) is 2.58. The molecule has 0 unspecified atom stereocenters. The molecule has 0 aliphatic heterocycles. The smallest absolute Gasteiger partial charge is 0.251 e. The number of carbonyl (C=O) groups is 1. The van der Waals surface area contributed by atoms with Crippen molar-refractivity contribution in [1.82, 2.24) is 5.32 Å². The molecule has 0 spiro atoms. The van der Waals surface area contributed by atoms with Crippen LogP contribution in [-0.4, -0.2) is 19.6 Å². The molecule has 0 saturated carbocycles. The summed E-state index contributed by atoms with van der Waals surface area (Å²) in [6.07, 6.45) is 2.07. The largest absolute Gasteiger partial charge is 0.496 e. The molecule has 2 aromatic rings. The number of ether oxygens (including phenoxy) is 2. The molecule has 1 N–H and O–H groups in total. The van der Waals surface area contributed by atoms with Gasteiger partial charge in [-0.15, -0.1) is 0 Å². The Kier molecular flexibility index (Phi) is 7.60. The van der Waals surface area contributed by atoms with E-state index in [0.29, 0.717) is 24.5 Å². The molecule has 0 saturated heterocycles. The van der Waals surface area contributed by atoms with E-state index in [1.165, 1.54) is 12.1 Å². The molecule has 26 heavy (non-hydrogen) atoms. The number of methoxy groups -OCH3 is 1. The molecule has 5 heteroatoms. The Morgan fingerprint density at radius 3 is 2.58 bits per heavy atom. The normalized spacial score (nSPS) is 11.8. The van der Waals surface area contributed by atoms with Crippen LogP contribution in [0.5, 0.6) is 5.75 Å². The summed E-state index contributed by atoms with van der Waals surface area (Å²) in [5.41, 5.74) is 2.22. The number of carbonyl (C=O) groups excluding carboxylic acids is 1. The van der Waals surface area contributed by atoms with E-state index in [2.05, 4.69) is 12.2 Å². The van der Waals surface area contributed by atoms with E-state index in [-0.39, 0.29) is 17.8 Å². The molecule has 4 nitrogen and oxygen atoms in total. The lowest BCUT2D eigenvalue weighted by Gasteiger charge is -2.16. The molecule has 2 aromatic carbocycles. The van der Waals surface area contributed by atoms with Crippen LogP contribution in [0.2, 0.25) is 0 Å². The quantitative estimate of drug-likeness (QED) is 0.664. The standard InChI is InChI=1S/C21H26FNO3/c1-4-5-12-26-14-18-13-17(8-11-20(18)25-3)21(24)23-15(2)16-6-9-19(22)10-7-16/h6-11,13,15H,4-5,12,14H2,1-3H3,(H,23,24)/t15-/m1/s1. The van der Waals surface area contributed by atoms with Crippen LogP contribution in [-0.2, 0) is 11.3 Å². The lowest BCUT2D eigenvalue weighted by atomic mass is 10.1. The first-order valence-electron chi connectivity index (χ1n) is 8.86. The van der Waals surface area contributed by atoms with Gasteiger partial charge < -0.3 is 14.8 Å². The van der Waals surface area contributed by atoms with Crippen LogP contribution in [0.1, 0.15) is 54.2 Å². The summed E-state index contributed by atoms with van der Waals surface area (Å²) in [6.45, 7) is 5.05. The van der Waals surface area contributed by atoms with E-state index in [1.807, 2.05) is 6.92 Å². The van der Waals surface area contributed by atoms with Crippen LogP contribution in [0.25, 0.3) is 0 Å². The number of halogens is 1. The molecule has 0 aromatic heterocycles. The topological polar surface area (TPSA) is 47.6 Å². The van der Waals surface area contributed by atoms with Gasteiger partial charge in [0.05, 0.1) is 19.8 Å². The van der Waals surface area contributed by atoms with Crippen LogP contribution in [0, 0.1) is 5.82 Å². The van der Waals surface area contributed by atoms with Crippen molar-refractivity contribution in [3.63, 3.8) is 0 Å². The van der Waals surface area contributed by atoms with Crippen molar-refractivity contribution in [2.75, 3.05) is 13.7 Å². The van der Waals surface area contributed by atoms with Crippen LogP contribution in [0.3, 0.4) is 0 Å². The molecule has 0 aliphatic carbocycles. The molecule has 0 heterocycles. The Labute approximate surface area is 154 Å². The Bertz CT molecular complexity index is 716. The van der Waals surface area contributed by atoms with Crippen molar-refractivity contribution in [2.24, 2.45) is 0 Å². The van der Waals surface area contributed by atoms with Gasteiger partial charge in [0.15, 0.2) is 0 Å². The Hall–Kier alpha value is -2.40. The minimum absolute atomic E-state index is 0.195. The number of benzene rings is 2. The molecular weight excluding hydrogens is 333 g/mol. The second-order valence-corrected chi connectivity index (χ2v) is 6.18. The average molecular weight is 359 g/mol. The highest BCUT2D eigenvalue weighted by Crippen LogP contribution is 2.22. The second kappa shape index (κ2) is 9.92. The molecule has 0 bridgehead atoms. The summed E-state index contributed by atoms with van der Waals surface area (Å²) in [5, 5.41) is 2.93. The zero-order valence-electron chi connectivity index (χ0n) is 15.5. The maximum atomic E-state index is 13.0. The summed E-state index contributed by atoms with van der Waals surface area (Å²) in [6, 6.07) is 11.2. The van der Waals surface area contributed by atoms with Crippen LogP contribution in [0.4, 0.5) is 4.39 Å². The summed E-state index contributed by atoms with van der Waals surface area (Å²) in [7, 11) is 1.60. The van der Waals surface area contributed by atoms with Gasteiger partial charge in [0.2, 0.25) is 0 Å². The van der Waals surface area contributed by atoms with Gasteiger partial charge in [-0.25, -0.2) is 4.39 Å². The summed E-state index contributed by atoms with van der Waals surface area (Å²) < 4.78 is 24.0. The summed E-state index contributed by atoms with van der Waals surface area (Å²) in [5.74, 6) is 0.207. The lowest BCUT2D eigenvalue weighted by Crippen LogP contribution is -2.26. The van der Waals surface area contributed by atoms with Crippen LogP contribution in [0.15, 0.2) is 42.5 Å². The zero-order chi connectivity index (χ0) is 18.9. The number of amides is 1. The molecule has 140 valence electrons. The highest BCUT2D eigenvalue weighted by molar-refractivity contribution is 5.94. The number of hydrogen-bond donors (Lipinski definition) is 1. The lowest BCUT2D eigenvalue weighted by molar-refractivity contribution is 0.0938. The molecule has 1 amide bonds. The van der Waals surface area contributed by atoms with E-state index in [1.54, 1.807) is 37.4 Å². The zero-order valence-corrected chi connectivity index (χ0v) is 15.5. The molecule has 0 aliphatic rings. The highest BCUT2D eigenvalue weighted by atomic mass is 19.1. The van der Waals surface area contributed by atoms with Gasteiger partial charge in [0.1, 0.15) is 11.6 Å². The first kappa shape index (κ1) is 19.9. The first-order valence-corrected chi connectivity index (χ1v) is 8.86. The molecule has 0 fully saturated rings. The SMILES string of the molecule is CCCCOCc1cc(C(=O)N[C@H](C)c2ccc(F)cc2)ccc1OC. The molecular formula is C21H26FNO3. The van der Waals surface area contributed by atoms with Crippen molar-refractivity contribution < 1.29 is 18.7 Å². The van der Waals surface area contributed by atoms with Crippen molar-refractivity contribution >= 4 is 5.91 Å². The summed E-state index contributed by atoms with van der Waals surface area (Å²) >= 11 is 0. The van der Waals surface area contributed by atoms with Gasteiger partial charge in [-0.3, -0.25) is 4.79 Å². The Morgan fingerprint density at radius 1 is 1.19 bits per heavy atom. The molecule has 2 rings (SSSR count). The van der Waals surface area contributed by atoms with Crippen molar-refractivity contribution in [3.05, 3.63) is 65.0 Å². The van der Waals surface area contributed by atoms with E-state index in [0.717, 1.165) is 24.0 Å². The monoisotopic (exact) mass is 359 g/mol. The molecule has 1 atom stereocenters. The van der Waals surface area contributed by atoms with Gasteiger partial charge in [-0.05, 0) is 49.2 Å². The fraction of sp³-hybridized carbons (Fsp3) is 0.381. The predicted octanol–water partition coefficient (Wildman–Crippen LogP) is 4.64. The van der Waals surface area contributed by atoms with E-state index in [4.69, 9.17) is 9.47 Å². The van der Waals surface area contributed by atoms with Gasteiger partial charge in [0.25, 0.3) is 5.91 Å². The minimum atomic E-state index is -0.296. The van der Waals surface area contributed by atoms with Crippen LogP contribution < -0.4 is 10.1 Å². The van der Waals surface area contributed by atoms with Crippen molar-refractivity contribution in [2.45, 2.75) is 39.3 Å². The average Bonchev–Trinajstić information content (AvgIpc) is 2.65. The molecule has 0 radical (unpaired) electrons. The maximum absolute atomic E-state index is 13.0. The van der Waals surface area contributed by atoms with Gasteiger partial charge in [-0.2, -0.15) is 0 Å². The third-order valence-corrected chi connectivity index (χ3v) is 4.16. The number of nitrogens with one attached hydrogen (secondary N) is 1. The van der Waals surface area contributed by atoms with E-state index >= 15 is 0 Å². The Balaban J connectivity index is 2.06. The third kappa shape index (κ3) is 5.56. The number of unbranched alkanes of at least 4 members (excludes halogenated alkanes) is 1. The van der Waals surface area contributed by atoms with Gasteiger partial charge in [0, 0.05) is 17.7 Å². The van der Waals surface area contributed by atoms with Crippen molar-refractivity contribution in [1.29, 1.82) is 0 Å². The second-order valence-electron chi connectivity index (χ2n) is 6.18. The van der Waals surface area contributed by atoms with Gasteiger partial charge in [-0.1, -0.05) is 25.5 Å². The van der Waals surface area contributed by atoms with Gasteiger partial charge >= 0.3 is 0 Å². The Morgan fingerprint density at radius 2 is 1.92 bits per heavy atom.